The quantitative estimate of drug-likeness (QED) is 0.824. The predicted molar refractivity (Wildman–Crippen MR) is 71.0 cm³/mol. The molecule has 0 radical (unpaired) electrons. The van der Waals surface area contributed by atoms with E-state index in [2.05, 4.69) is 5.32 Å². The number of aliphatic carboxylic acids is 1. The maximum Gasteiger partial charge on any atom is 0.305 e. The number of carboxylic acid groups (broad SMARTS) is 1. The van der Waals surface area contributed by atoms with Crippen LogP contribution < -0.4 is 10.1 Å². The van der Waals surface area contributed by atoms with E-state index in [1.807, 2.05) is 0 Å². The molecule has 19 heavy (non-hydrogen) atoms. The smallest absolute Gasteiger partial charge is 0.305 e. The molecule has 0 unspecified atom stereocenters. The van der Waals surface area contributed by atoms with Crippen LogP contribution in [-0.2, 0) is 9.59 Å². The van der Waals surface area contributed by atoms with Crippen LogP contribution >= 0.6 is 0 Å². The predicted octanol–water partition coefficient (Wildman–Crippen LogP) is 1.98. The van der Waals surface area contributed by atoms with Gasteiger partial charge in [0.25, 0.3) is 0 Å². The van der Waals surface area contributed by atoms with Crippen LogP contribution in [0, 0.1) is 5.92 Å². The highest BCUT2D eigenvalue weighted by atomic mass is 16.5. The summed E-state index contributed by atoms with van der Waals surface area (Å²) in [5.41, 5.74) is 0.747. The zero-order valence-corrected chi connectivity index (χ0v) is 11.3. The van der Waals surface area contributed by atoms with Crippen molar-refractivity contribution in [3.63, 3.8) is 0 Å². The molecule has 0 saturated carbocycles. The van der Waals surface area contributed by atoms with Crippen LogP contribution in [-0.4, -0.2) is 24.1 Å². The van der Waals surface area contributed by atoms with Crippen molar-refractivity contribution < 1.29 is 19.4 Å². The third-order valence-electron chi connectivity index (χ3n) is 2.74. The second kappa shape index (κ2) is 6.78. The van der Waals surface area contributed by atoms with E-state index in [1.165, 1.54) is 0 Å². The lowest BCUT2D eigenvalue weighted by molar-refractivity contribution is -0.137. The molecule has 1 atom stereocenters. The van der Waals surface area contributed by atoms with Crippen molar-refractivity contribution in [1.82, 2.24) is 5.32 Å². The minimum Gasteiger partial charge on any atom is -0.497 e. The van der Waals surface area contributed by atoms with Crippen molar-refractivity contribution in [1.29, 1.82) is 0 Å². The molecule has 0 aliphatic carbocycles. The maximum atomic E-state index is 11.7. The Morgan fingerprint density at radius 1 is 1.26 bits per heavy atom. The topological polar surface area (TPSA) is 75.6 Å². The molecule has 1 aromatic rings. The van der Waals surface area contributed by atoms with Gasteiger partial charge in [-0.1, -0.05) is 26.0 Å². The minimum atomic E-state index is -0.954. The molecule has 5 heteroatoms. The maximum absolute atomic E-state index is 11.7. The molecule has 1 amide bonds. The number of hydrogen-bond acceptors (Lipinski definition) is 3. The fraction of sp³-hybridized carbons (Fsp3) is 0.429. The van der Waals surface area contributed by atoms with E-state index in [4.69, 9.17) is 9.84 Å². The third-order valence-corrected chi connectivity index (χ3v) is 2.74. The second-order valence-electron chi connectivity index (χ2n) is 4.59. The lowest BCUT2D eigenvalue weighted by atomic mass is 10.0. The number of amides is 1. The van der Waals surface area contributed by atoms with Crippen LogP contribution in [0.5, 0.6) is 5.75 Å². The first-order chi connectivity index (χ1) is 8.93. The van der Waals surface area contributed by atoms with Gasteiger partial charge in [-0.15, -0.1) is 0 Å². The standard InChI is InChI=1S/C14H19NO4/c1-9(2)14(18)15-12(8-13(16)17)10-4-6-11(19-3)7-5-10/h4-7,9,12H,8H2,1-3H3,(H,15,18)(H,16,17)/t12-/m1/s1. The molecule has 0 heterocycles. The number of carbonyl (C=O) groups is 2. The average molecular weight is 265 g/mol. The Labute approximate surface area is 112 Å². The molecule has 0 aliphatic rings. The molecule has 0 bridgehead atoms. The first-order valence-electron chi connectivity index (χ1n) is 6.10. The zero-order valence-electron chi connectivity index (χ0n) is 11.3. The fourth-order valence-electron chi connectivity index (χ4n) is 1.60. The van der Waals surface area contributed by atoms with Gasteiger partial charge in [0, 0.05) is 5.92 Å². The summed E-state index contributed by atoms with van der Waals surface area (Å²) in [6.45, 7) is 3.53. The third kappa shape index (κ3) is 4.62. The average Bonchev–Trinajstić information content (AvgIpc) is 2.37. The minimum absolute atomic E-state index is 0.148. The van der Waals surface area contributed by atoms with E-state index in [1.54, 1.807) is 45.2 Å². The molecule has 1 rings (SSSR count). The first kappa shape index (κ1) is 15.0. The van der Waals surface area contributed by atoms with Crippen molar-refractivity contribution in [3.05, 3.63) is 29.8 Å². The second-order valence-corrected chi connectivity index (χ2v) is 4.59. The Morgan fingerprint density at radius 3 is 2.26 bits per heavy atom. The van der Waals surface area contributed by atoms with Gasteiger partial charge >= 0.3 is 5.97 Å². The van der Waals surface area contributed by atoms with E-state index in [0.717, 1.165) is 5.56 Å². The summed E-state index contributed by atoms with van der Waals surface area (Å²) in [5.74, 6) is -0.616. The van der Waals surface area contributed by atoms with Gasteiger partial charge in [-0.25, -0.2) is 0 Å². The zero-order chi connectivity index (χ0) is 14.4. The number of carboxylic acids is 1. The van der Waals surface area contributed by atoms with Gasteiger partial charge in [-0.2, -0.15) is 0 Å². The van der Waals surface area contributed by atoms with Gasteiger partial charge < -0.3 is 15.2 Å². The molecule has 5 nitrogen and oxygen atoms in total. The fourth-order valence-corrected chi connectivity index (χ4v) is 1.60. The highest BCUT2D eigenvalue weighted by molar-refractivity contribution is 5.79. The Morgan fingerprint density at radius 2 is 1.84 bits per heavy atom. The first-order valence-corrected chi connectivity index (χ1v) is 6.10. The van der Waals surface area contributed by atoms with Crippen molar-refractivity contribution >= 4 is 11.9 Å². The van der Waals surface area contributed by atoms with Crippen LogP contribution in [0.2, 0.25) is 0 Å². The number of ether oxygens (including phenoxy) is 1. The van der Waals surface area contributed by atoms with Crippen LogP contribution in [0.3, 0.4) is 0 Å². The van der Waals surface area contributed by atoms with Gasteiger partial charge in [0.2, 0.25) is 5.91 Å². The Kier molecular flexibility index (Phi) is 5.36. The number of carbonyl (C=O) groups excluding carboxylic acids is 1. The van der Waals surface area contributed by atoms with E-state index in [9.17, 15) is 9.59 Å². The molecule has 0 aromatic heterocycles. The van der Waals surface area contributed by atoms with Crippen LogP contribution in [0.25, 0.3) is 0 Å². The summed E-state index contributed by atoms with van der Waals surface area (Å²) >= 11 is 0. The van der Waals surface area contributed by atoms with Crippen LogP contribution in [0.15, 0.2) is 24.3 Å². The molecule has 0 aliphatic heterocycles. The highest BCUT2D eigenvalue weighted by Gasteiger charge is 2.19. The molecular formula is C14H19NO4. The summed E-state index contributed by atoms with van der Waals surface area (Å²) in [6, 6.07) is 6.47. The molecule has 104 valence electrons. The van der Waals surface area contributed by atoms with Crippen molar-refractivity contribution in [2.24, 2.45) is 5.92 Å². The van der Waals surface area contributed by atoms with Gasteiger partial charge in [0.05, 0.1) is 19.6 Å². The van der Waals surface area contributed by atoms with Crippen LogP contribution in [0.1, 0.15) is 31.9 Å². The Hall–Kier alpha value is -2.04. The van der Waals surface area contributed by atoms with Crippen molar-refractivity contribution in [2.75, 3.05) is 7.11 Å². The van der Waals surface area contributed by atoms with E-state index in [-0.39, 0.29) is 18.2 Å². The molecular weight excluding hydrogens is 246 g/mol. The van der Waals surface area contributed by atoms with Crippen molar-refractivity contribution in [3.8, 4) is 5.75 Å². The number of hydrogen-bond donors (Lipinski definition) is 2. The molecule has 0 spiro atoms. The number of methoxy groups -OCH3 is 1. The molecule has 1 aromatic carbocycles. The van der Waals surface area contributed by atoms with Gasteiger partial charge in [-0.05, 0) is 17.7 Å². The highest BCUT2D eigenvalue weighted by Crippen LogP contribution is 2.20. The lowest BCUT2D eigenvalue weighted by Crippen LogP contribution is -2.33. The summed E-state index contributed by atoms with van der Waals surface area (Å²) in [5, 5.41) is 11.7. The van der Waals surface area contributed by atoms with Crippen molar-refractivity contribution in [2.45, 2.75) is 26.3 Å². The molecule has 0 saturated heterocycles. The Balaban J connectivity index is 2.88. The van der Waals surface area contributed by atoms with Gasteiger partial charge in [-0.3, -0.25) is 9.59 Å². The monoisotopic (exact) mass is 265 g/mol. The van der Waals surface area contributed by atoms with Crippen LogP contribution in [0.4, 0.5) is 0 Å². The number of nitrogens with one attached hydrogen (secondary N) is 1. The lowest BCUT2D eigenvalue weighted by Gasteiger charge is -2.19. The van der Waals surface area contributed by atoms with E-state index in [0.29, 0.717) is 5.75 Å². The van der Waals surface area contributed by atoms with Gasteiger partial charge in [0.15, 0.2) is 0 Å². The molecule has 2 N–H and O–H groups in total. The van der Waals surface area contributed by atoms with Gasteiger partial charge in [0.1, 0.15) is 5.75 Å². The summed E-state index contributed by atoms with van der Waals surface area (Å²) < 4.78 is 5.05. The van der Waals surface area contributed by atoms with E-state index >= 15 is 0 Å². The number of benzene rings is 1. The number of rotatable bonds is 6. The van der Waals surface area contributed by atoms with E-state index < -0.39 is 12.0 Å². The SMILES string of the molecule is COc1ccc([C@@H](CC(=O)O)NC(=O)C(C)C)cc1. The summed E-state index contributed by atoms with van der Waals surface area (Å²) in [4.78, 5) is 22.6. The molecule has 0 fully saturated rings. The largest absolute Gasteiger partial charge is 0.497 e. The Bertz CT molecular complexity index is 439. The normalized spacial score (nSPS) is 12.0. The summed E-state index contributed by atoms with van der Waals surface area (Å²) in [7, 11) is 1.56. The summed E-state index contributed by atoms with van der Waals surface area (Å²) in [6.07, 6.45) is -0.148.